The molecule has 0 saturated carbocycles. The number of nitrogens with zero attached hydrogens (tertiary/aromatic N) is 2. The topological polar surface area (TPSA) is 153 Å². The zero-order chi connectivity index (χ0) is 33.7. The van der Waals surface area contributed by atoms with E-state index in [0.29, 0.717) is 31.7 Å². The number of rotatable bonds is 10. The van der Waals surface area contributed by atoms with Gasteiger partial charge in [-0.2, -0.15) is 0 Å². The third-order valence-corrected chi connectivity index (χ3v) is 8.84. The first kappa shape index (κ1) is 33.3. The quantitative estimate of drug-likeness (QED) is 0.209. The number of piperidine rings is 1. The van der Waals surface area contributed by atoms with Gasteiger partial charge in [-0.3, -0.25) is 9.69 Å². The van der Waals surface area contributed by atoms with Crippen LogP contribution in [0.25, 0.3) is 0 Å². The molecule has 0 radical (unpaired) electrons. The van der Waals surface area contributed by atoms with Gasteiger partial charge in [0.05, 0.1) is 17.6 Å². The highest BCUT2D eigenvalue weighted by Crippen LogP contribution is 2.35. The number of ether oxygens (including phenoxy) is 2. The number of aromatic nitrogens is 1. The van der Waals surface area contributed by atoms with Crippen molar-refractivity contribution in [1.29, 1.82) is 0 Å². The predicted molar refractivity (Wildman–Crippen MR) is 170 cm³/mol. The Kier molecular flexibility index (Phi) is 10.0. The monoisotopic (exact) mass is 665 g/mol. The number of anilines is 1. The number of carbonyl (C=O) groups is 2. The van der Waals surface area contributed by atoms with Crippen LogP contribution >= 0.6 is 0 Å². The van der Waals surface area contributed by atoms with Gasteiger partial charge in [-0.15, -0.1) is 0 Å². The Morgan fingerprint density at radius 3 is 2.53 bits per heavy atom. The molecule has 2 unspecified atom stereocenters. The molecule has 0 spiro atoms. The zero-order valence-electron chi connectivity index (χ0n) is 25.6. The lowest BCUT2D eigenvalue weighted by Crippen LogP contribution is -2.47. The van der Waals surface area contributed by atoms with Gasteiger partial charge in [0.15, 0.2) is 21.3 Å². The number of hydrogen-bond acceptors (Lipinski definition) is 8. The number of primary amides is 1. The molecule has 1 saturated heterocycles. The first-order valence-corrected chi connectivity index (χ1v) is 16.5. The van der Waals surface area contributed by atoms with Crippen LogP contribution in [0.15, 0.2) is 83.9 Å². The zero-order valence-corrected chi connectivity index (χ0v) is 26.4. The Hall–Kier alpha value is -5.08. The van der Waals surface area contributed by atoms with E-state index in [2.05, 4.69) is 20.5 Å². The van der Waals surface area contributed by atoms with Gasteiger partial charge < -0.3 is 25.8 Å². The van der Waals surface area contributed by atoms with E-state index in [1.807, 2.05) is 12.1 Å². The number of carbonyl (C=O) groups excluding carboxylic acids is 2. The summed E-state index contributed by atoms with van der Waals surface area (Å²) >= 11 is 0. The summed E-state index contributed by atoms with van der Waals surface area (Å²) in [5, 5.41) is 5.54. The van der Waals surface area contributed by atoms with E-state index < -0.39 is 27.6 Å². The summed E-state index contributed by atoms with van der Waals surface area (Å²) in [6.07, 6.45) is 3.84. The lowest BCUT2D eigenvalue weighted by Gasteiger charge is -2.40. The van der Waals surface area contributed by atoms with Gasteiger partial charge in [0.1, 0.15) is 11.6 Å². The molecule has 1 fully saturated rings. The average molecular weight is 666 g/mol. The summed E-state index contributed by atoms with van der Waals surface area (Å²) in [5.74, 6) is -1.28. The third-order valence-electron chi connectivity index (χ3n) is 7.73. The van der Waals surface area contributed by atoms with Crippen LogP contribution in [0.5, 0.6) is 17.4 Å². The van der Waals surface area contributed by atoms with Crippen molar-refractivity contribution < 1.29 is 36.3 Å². The molecular formula is C33H33F2N5O6S. The van der Waals surface area contributed by atoms with Gasteiger partial charge in [0.25, 0.3) is 5.91 Å². The Bertz CT molecular complexity index is 1890. The van der Waals surface area contributed by atoms with Crippen molar-refractivity contribution in [2.45, 2.75) is 36.4 Å². The number of pyridine rings is 1. The number of likely N-dealkylation sites (tertiary alicyclic amines) is 1. The lowest BCUT2D eigenvalue weighted by molar-refractivity contribution is 0.0996. The third kappa shape index (κ3) is 8.40. The van der Waals surface area contributed by atoms with Gasteiger partial charge in [0.2, 0.25) is 5.88 Å². The minimum atomic E-state index is -3.43. The van der Waals surface area contributed by atoms with Crippen LogP contribution in [0.2, 0.25) is 0 Å². The van der Waals surface area contributed by atoms with E-state index in [1.165, 1.54) is 49.6 Å². The van der Waals surface area contributed by atoms with Crippen LogP contribution in [0.1, 0.15) is 40.4 Å². The maximum Gasteiger partial charge on any atom is 0.319 e. The predicted octanol–water partition coefficient (Wildman–Crippen LogP) is 5.19. The van der Waals surface area contributed by atoms with Crippen molar-refractivity contribution in [2.75, 3.05) is 25.2 Å². The van der Waals surface area contributed by atoms with Crippen LogP contribution in [0.4, 0.5) is 19.3 Å². The number of amides is 3. The van der Waals surface area contributed by atoms with Crippen molar-refractivity contribution in [1.82, 2.24) is 15.2 Å². The fourth-order valence-electron chi connectivity index (χ4n) is 5.41. The van der Waals surface area contributed by atoms with Crippen LogP contribution in [-0.2, 0) is 16.4 Å². The molecular weight excluding hydrogens is 632 g/mol. The van der Waals surface area contributed by atoms with Gasteiger partial charge in [-0.1, -0.05) is 18.2 Å². The van der Waals surface area contributed by atoms with Crippen LogP contribution in [0.3, 0.4) is 0 Å². The van der Waals surface area contributed by atoms with Crippen molar-refractivity contribution >= 4 is 27.5 Å². The fourth-order valence-corrected chi connectivity index (χ4v) is 6.05. The van der Waals surface area contributed by atoms with E-state index in [9.17, 15) is 26.8 Å². The molecule has 3 amide bonds. The number of hydrogen-bond donors (Lipinski definition) is 3. The molecule has 4 aromatic rings. The number of nitrogens with two attached hydrogens (primary N) is 1. The highest BCUT2D eigenvalue weighted by Gasteiger charge is 2.31. The van der Waals surface area contributed by atoms with Gasteiger partial charge in [-0.25, -0.2) is 27.0 Å². The molecule has 2 heterocycles. The van der Waals surface area contributed by atoms with Crippen molar-refractivity contribution in [3.8, 4) is 17.4 Å². The number of halogens is 2. The average Bonchev–Trinajstić information content (AvgIpc) is 3.03. The highest BCUT2D eigenvalue weighted by molar-refractivity contribution is 7.90. The summed E-state index contributed by atoms with van der Waals surface area (Å²) in [4.78, 5) is 31.0. The Morgan fingerprint density at radius 1 is 1.04 bits per heavy atom. The number of sulfone groups is 1. The molecule has 3 aromatic carbocycles. The van der Waals surface area contributed by atoms with E-state index in [0.717, 1.165) is 23.4 Å². The van der Waals surface area contributed by atoms with Crippen LogP contribution in [0, 0.1) is 11.6 Å². The first-order chi connectivity index (χ1) is 22.4. The molecule has 1 aliphatic rings. The van der Waals surface area contributed by atoms with Crippen molar-refractivity contribution in [3.63, 3.8) is 0 Å². The summed E-state index contributed by atoms with van der Waals surface area (Å²) in [5.41, 5.74) is 6.70. The fraction of sp³-hybridized carbons (Fsp3) is 0.242. The van der Waals surface area contributed by atoms with Crippen LogP contribution in [-0.4, -0.2) is 56.2 Å². The summed E-state index contributed by atoms with van der Waals surface area (Å²) in [6, 6.07) is 16.7. The molecule has 1 aromatic heterocycles. The Morgan fingerprint density at radius 2 is 1.85 bits per heavy atom. The number of methoxy groups -OCH3 is 1. The second kappa shape index (κ2) is 14.1. The standard InChI is InChI=1S/C33H33F2N5O6S/c1-45-30-17-25(47(2,43)44)8-10-29(30)46-31-11-6-20(18-37-31)19-40-13-12-24(16-28(40)21-4-3-5-22(34)14-21)39-33(42)38-23-7-9-27(35)26(15-23)32(36)41/h3-11,14-15,17-18,24,28H,12-13,16,19H2,1-2H3,(H2,36,41)(H2,38,39,42). The molecule has 14 heteroatoms. The minimum Gasteiger partial charge on any atom is -0.493 e. The molecule has 5 rings (SSSR count). The number of nitrogens with one attached hydrogen (secondary N) is 2. The second-order valence-electron chi connectivity index (χ2n) is 11.1. The summed E-state index contributed by atoms with van der Waals surface area (Å²) in [7, 11) is -2.01. The van der Waals surface area contributed by atoms with E-state index >= 15 is 0 Å². The largest absolute Gasteiger partial charge is 0.493 e. The van der Waals surface area contributed by atoms with E-state index in [-0.39, 0.29) is 45.7 Å². The minimum absolute atomic E-state index is 0.101. The summed E-state index contributed by atoms with van der Waals surface area (Å²) < 4.78 is 63.1. The highest BCUT2D eigenvalue weighted by atomic mass is 32.2. The van der Waals surface area contributed by atoms with Gasteiger partial charge in [-0.05, 0) is 66.4 Å². The molecule has 2 atom stereocenters. The number of urea groups is 1. The SMILES string of the molecule is COc1cc(S(C)(=O)=O)ccc1Oc1ccc(CN2CCC(NC(=O)Nc3ccc(F)c(C(N)=O)c3)CC2c2cccc(F)c2)cn1. The van der Waals surface area contributed by atoms with Crippen molar-refractivity contribution in [3.05, 3.63) is 107 Å². The molecule has 11 nitrogen and oxygen atoms in total. The molecule has 0 aliphatic carbocycles. The normalized spacial score (nSPS) is 16.7. The Balaban J connectivity index is 1.26. The smallest absolute Gasteiger partial charge is 0.319 e. The summed E-state index contributed by atoms with van der Waals surface area (Å²) in [6.45, 7) is 1.04. The van der Waals surface area contributed by atoms with E-state index in [1.54, 1.807) is 18.3 Å². The first-order valence-electron chi connectivity index (χ1n) is 14.6. The van der Waals surface area contributed by atoms with E-state index in [4.69, 9.17) is 15.2 Å². The van der Waals surface area contributed by atoms with Crippen LogP contribution < -0.4 is 25.8 Å². The second-order valence-corrected chi connectivity index (χ2v) is 13.1. The molecule has 1 aliphatic heterocycles. The number of benzene rings is 3. The molecule has 0 bridgehead atoms. The molecule has 246 valence electrons. The van der Waals surface area contributed by atoms with Gasteiger partial charge in [0, 0.05) is 55.4 Å². The Labute approximate surface area is 270 Å². The molecule has 47 heavy (non-hydrogen) atoms. The maximum atomic E-state index is 14.3. The maximum absolute atomic E-state index is 14.3. The molecule has 4 N–H and O–H groups in total. The van der Waals surface area contributed by atoms with Crippen molar-refractivity contribution in [2.24, 2.45) is 5.73 Å². The van der Waals surface area contributed by atoms with Gasteiger partial charge >= 0.3 is 6.03 Å². The lowest BCUT2D eigenvalue weighted by atomic mass is 9.91.